The van der Waals surface area contributed by atoms with Gasteiger partial charge in [-0.25, -0.2) is 4.39 Å². The molecule has 0 aliphatic carbocycles. The SMILES string of the molecule is Cc1nnc(COC2CN(C(C)Cc3ccccc3F)C2)o1. The zero-order chi connectivity index (χ0) is 15.5. The molecule has 1 unspecified atom stereocenters. The number of halogens is 1. The van der Waals surface area contributed by atoms with E-state index in [2.05, 4.69) is 22.0 Å². The Kier molecular flexibility index (Phi) is 4.49. The van der Waals surface area contributed by atoms with Crippen LogP contribution >= 0.6 is 0 Å². The first-order valence-electron chi connectivity index (χ1n) is 7.50. The number of benzene rings is 1. The molecule has 3 rings (SSSR count). The van der Waals surface area contributed by atoms with Crippen LogP contribution in [0.15, 0.2) is 28.7 Å². The molecule has 6 heteroatoms. The van der Waals surface area contributed by atoms with E-state index in [4.69, 9.17) is 9.15 Å². The van der Waals surface area contributed by atoms with Crippen molar-refractivity contribution in [3.05, 3.63) is 47.4 Å². The number of likely N-dealkylation sites (tertiary alicyclic amines) is 1. The molecule has 0 amide bonds. The normalized spacial score (nSPS) is 17.4. The largest absolute Gasteiger partial charge is 0.423 e. The van der Waals surface area contributed by atoms with Gasteiger partial charge in [-0.2, -0.15) is 0 Å². The summed E-state index contributed by atoms with van der Waals surface area (Å²) in [6, 6.07) is 7.24. The molecule has 1 aromatic heterocycles. The summed E-state index contributed by atoms with van der Waals surface area (Å²) in [7, 11) is 0. The Morgan fingerprint density at radius 1 is 1.36 bits per heavy atom. The maximum atomic E-state index is 13.7. The van der Waals surface area contributed by atoms with E-state index in [9.17, 15) is 4.39 Å². The van der Waals surface area contributed by atoms with Crippen LogP contribution in [-0.2, 0) is 17.8 Å². The minimum absolute atomic E-state index is 0.130. The summed E-state index contributed by atoms with van der Waals surface area (Å²) in [5, 5.41) is 7.66. The highest BCUT2D eigenvalue weighted by Crippen LogP contribution is 2.20. The highest BCUT2D eigenvalue weighted by Gasteiger charge is 2.31. The number of ether oxygens (including phenoxy) is 1. The monoisotopic (exact) mass is 305 g/mol. The Hall–Kier alpha value is -1.79. The van der Waals surface area contributed by atoms with E-state index >= 15 is 0 Å². The summed E-state index contributed by atoms with van der Waals surface area (Å²) < 4.78 is 24.6. The van der Waals surface area contributed by atoms with Gasteiger partial charge in [-0.1, -0.05) is 18.2 Å². The van der Waals surface area contributed by atoms with Crippen molar-refractivity contribution in [2.75, 3.05) is 13.1 Å². The molecule has 1 aliphatic rings. The van der Waals surface area contributed by atoms with Gasteiger partial charge in [0.2, 0.25) is 11.8 Å². The molecule has 2 heterocycles. The minimum atomic E-state index is -0.130. The van der Waals surface area contributed by atoms with Crippen LogP contribution < -0.4 is 0 Å². The number of aryl methyl sites for hydroxylation is 1. The molecule has 1 atom stereocenters. The van der Waals surface area contributed by atoms with Crippen LogP contribution in [0.4, 0.5) is 4.39 Å². The lowest BCUT2D eigenvalue weighted by atomic mass is 10.0. The third-order valence-corrected chi connectivity index (χ3v) is 3.98. The van der Waals surface area contributed by atoms with E-state index in [1.165, 1.54) is 6.07 Å². The summed E-state index contributed by atoms with van der Waals surface area (Å²) in [6.45, 7) is 5.92. The quantitative estimate of drug-likeness (QED) is 0.820. The van der Waals surface area contributed by atoms with Gasteiger partial charge in [-0.15, -0.1) is 10.2 Å². The highest BCUT2D eigenvalue weighted by molar-refractivity contribution is 5.18. The van der Waals surface area contributed by atoms with Gasteiger partial charge in [0, 0.05) is 26.1 Å². The van der Waals surface area contributed by atoms with E-state index in [0.717, 1.165) is 18.7 Å². The minimum Gasteiger partial charge on any atom is -0.423 e. The Morgan fingerprint density at radius 2 is 2.14 bits per heavy atom. The number of nitrogens with zero attached hydrogens (tertiary/aromatic N) is 3. The molecule has 1 fully saturated rings. The van der Waals surface area contributed by atoms with Crippen LogP contribution in [0.1, 0.15) is 24.3 Å². The van der Waals surface area contributed by atoms with Gasteiger partial charge in [-0.3, -0.25) is 4.90 Å². The average Bonchev–Trinajstić information content (AvgIpc) is 2.85. The highest BCUT2D eigenvalue weighted by atomic mass is 19.1. The predicted molar refractivity (Wildman–Crippen MR) is 78.8 cm³/mol. The average molecular weight is 305 g/mol. The molecule has 0 bridgehead atoms. The van der Waals surface area contributed by atoms with Gasteiger partial charge in [0.1, 0.15) is 12.4 Å². The van der Waals surface area contributed by atoms with Gasteiger partial charge < -0.3 is 9.15 Å². The van der Waals surface area contributed by atoms with Crippen LogP contribution in [0.25, 0.3) is 0 Å². The van der Waals surface area contributed by atoms with E-state index in [1.807, 2.05) is 12.1 Å². The van der Waals surface area contributed by atoms with Crippen LogP contribution in [0, 0.1) is 12.7 Å². The molecule has 2 aromatic rings. The van der Waals surface area contributed by atoms with Crippen LogP contribution in [0.5, 0.6) is 0 Å². The van der Waals surface area contributed by atoms with E-state index in [0.29, 0.717) is 30.9 Å². The van der Waals surface area contributed by atoms with Crippen molar-refractivity contribution in [3.63, 3.8) is 0 Å². The summed E-state index contributed by atoms with van der Waals surface area (Å²) in [4.78, 5) is 2.29. The fraction of sp³-hybridized carbons (Fsp3) is 0.500. The number of hydrogen-bond donors (Lipinski definition) is 0. The smallest absolute Gasteiger partial charge is 0.242 e. The fourth-order valence-electron chi connectivity index (χ4n) is 2.63. The molecule has 0 spiro atoms. The first-order valence-corrected chi connectivity index (χ1v) is 7.50. The number of hydrogen-bond acceptors (Lipinski definition) is 5. The zero-order valence-electron chi connectivity index (χ0n) is 12.8. The van der Waals surface area contributed by atoms with Crippen LogP contribution in [0.2, 0.25) is 0 Å². The second kappa shape index (κ2) is 6.54. The molecule has 1 saturated heterocycles. The summed E-state index contributed by atoms with van der Waals surface area (Å²) in [6.07, 6.45) is 0.887. The lowest BCUT2D eigenvalue weighted by Crippen LogP contribution is -2.56. The Bertz CT molecular complexity index is 625. The number of aromatic nitrogens is 2. The lowest BCUT2D eigenvalue weighted by Gasteiger charge is -2.42. The maximum absolute atomic E-state index is 13.7. The summed E-state index contributed by atoms with van der Waals surface area (Å²) in [5.41, 5.74) is 0.765. The van der Waals surface area contributed by atoms with Crippen molar-refractivity contribution in [1.29, 1.82) is 0 Å². The first kappa shape index (κ1) is 15.1. The topological polar surface area (TPSA) is 51.4 Å². The molecule has 0 radical (unpaired) electrons. The van der Waals surface area contributed by atoms with E-state index in [1.54, 1.807) is 13.0 Å². The van der Waals surface area contributed by atoms with Gasteiger partial charge >= 0.3 is 0 Å². The van der Waals surface area contributed by atoms with Crippen molar-refractivity contribution in [3.8, 4) is 0 Å². The molecule has 118 valence electrons. The van der Waals surface area contributed by atoms with Crippen LogP contribution in [-0.4, -0.2) is 40.3 Å². The first-order chi connectivity index (χ1) is 10.6. The lowest BCUT2D eigenvalue weighted by molar-refractivity contribution is -0.0814. The molecule has 1 aromatic carbocycles. The predicted octanol–water partition coefficient (Wildman–Crippen LogP) is 2.35. The second-order valence-corrected chi connectivity index (χ2v) is 5.75. The Morgan fingerprint density at radius 3 is 2.82 bits per heavy atom. The van der Waals surface area contributed by atoms with Gasteiger partial charge in [0.15, 0.2) is 0 Å². The van der Waals surface area contributed by atoms with Crippen molar-refractivity contribution < 1.29 is 13.5 Å². The molecule has 0 N–H and O–H groups in total. The fourth-order valence-corrected chi connectivity index (χ4v) is 2.63. The molecule has 1 aliphatic heterocycles. The van der Waals surface area contributed by atoms with E-state index in [-0.39, 0.29) is 11.9 Å². The van der Waals surface area contributed by atoms with Gasteiger partial charge in [0.05, 0.1) is 6.10 Å². The Balaban J connectivity index is 1.42. The number of rotatable bonds is 6. The standard InChI is InChI=1S/C16H20FN3O2/c1-11(7-13-5-3-4-6-15(13)17)20-8-14(9-20)21-10-16-19-18-12(2)22-16/h3-6,11,14H,7-10H2,1-2H3. The summed E-state index contributed by atoms with van der Waals surface area (Å²) in [5.74, 6) is 0.928. The molecule has 22 heavy (non-hydrogen) atoms. The Labute approximate surface area is 129 Å². The molecule has 0 saturated carbocycles. The third-order valence-electron chi connectivity index (χ3n) is 3.98. The molecular weight excluding hydrogens is 285 g/mol. The van der Waals surface area contributed by atoms with Crippen molar-refractivity contribution in [2.24, 2.45) is 0 Å². The van der Waals surface area contributed by atoms with Crippen LogP contribution in [0.3, 0.4) is 0 Å². The third kappa shape index (κ3) is 3.51. The maximum Gasteiger partial charge on any atom is 0.242 e. The van der Waals surface area contributed by atoms with Gasteiger partial charge in [-0.05, 0) is 25.0 Å². The summed E-state index contributed by atoms with van der Waals surface area (Å²) >= 11 is 0. The second-order valence-electron chi connectivity index (χ2n) is 5.75. The van der Waals surface area contributed by atoms with Crippen molar-refractivity contribution in [1.82, 2.24) is 15.1 Å². The molecule has 5 nitrogen and oxygen atoms in total. The molecular formula is C16H20FN3O2. The van der Waals surface area contributed by atoms with Gasteiger partial charge in [0.25, 0.3) is 0 Å². The van der Waals surface area contributed by atoms with Crippen molar-refractivity contribution in [2.45, 2.75) is 39.0 Å². The zero-order valence-corrected chi connectivity index (χ0v) is 12.8. The van der Waals surface area contributed by atoms with Crippen molar-refractivity contribution >= 4 is 0 Å². The van der Waals surface area contributed by atoms with E-state index < -0.39 is 0 Å².